The van der Waals surface area contributed by atoms with E-state index in [2.05, 4.69) is 9.97 Å². The predicted molar refractivity (Wildman–Crippen MR) is 74.7 cm³/mol. The number of carbonyl (C=O) groups is 2. The van der Waals surface area contributed by atoms with E-state index >= 15 is 0 Å². The molecule has 1 saturated heterocycles. The molecule has 0 radical (unpaired) electrons. The second-order valence-corrected chi connectivity index (χ2v) is 5.11. The highest BCUT2D eigenvalue weighted by atomic mass is 35.5. The number of rotatable bonds is 5. The van der Waals surface area contributed by atoms with Gasteiger partial charge in [-0.3, -0.25) is 9.59 Å². The van der Waals surface area contributed by atoms with Crippen molar-refractivity contribution in [1.29, 1.82) is 0 Å². The van der Waals surface area contributed by atoms with Crippen LogP contribution < -0.4 is 0 Å². The minimum atomic E-state index is -1.01. The van der Waals surface area contributed by atoms with Gasteiger partial charge in [0.25, 0.3) is 0 Å². The summed E-state index contributed by atoms with van der Waals surface area (Å²) >= 11 is 5.80. The first kappa shape index (κ1) is 17.2. The van der Waals surface area contributed by atoms with Crippen molar-refractivity contribution in [3.63, 3.8) is 0 Å². The van der Waals surface area contributed by atoms with Crippen LogP contribution in [0.1, 0.15) is 25.6 Å². The highest BCUT2D eigenvalue weighted by Crippen LogP contribution is 2.37. The van der Waals surface area contributed by atoms with Gasteiger partial charge in [-0.05, 0) is 4.92 Å². The lowest BCUT2D eigenvalue weighted by atomic mass is 10.1. The fraction of sp³-hybridized carbons (Fsp3) is 0.583. The van der Waals surface area contributed by atoms with E-state index < -0.39 is 47.2 Å². The molecule has 0 amide bonds. The second kappa shape index (κ2) is 6.92. The summed E-state index contributed by atoms with van der Waals surface area (Å²) in [5.41, 5.74) is 0.146. The van der Waals surface area contributed by atoms with E-state index in [0.29, 0.717) is 0 Å². The molecule has 0 spiro atoms. The smallest absolute Gasteiger partial charge is 0.432 e. The van der Waals surface area contributed by atoms with Crippen molar-refractivity contribution in [3.05, 3.63) is 22.0 Å². The molecule has 10 nitrogen and oxygen atoms in total. The lowest BCUT2D eigenvalue weighted by Crippen LogP contribution is -2.38. The van der Waals surface area contributed by atoms with Gasteiger partial charge in [-0.15, -0.1) is 11.6 Å². The molecule has 11 heteroatoms. The highest BCUT2D eigenvalue weighted by molar-refractivity contribution is 6.18. The van der Waals surface area contributed by atoms with Crippen molar-refractivity contribution in [1.82, 2.24) is 9.97 Å². The number of imidazole rings is 1. The van der Waals surface area contributed by atoms with Gasteiger partial charge in [-0.1, -0.05) is 4.98 Å². The van der Waals surface area contributed by atoms with Crippen molar-refractivity contribution >= 4 is 29.5 Å². The molecule has 1 aliphatic rings. The zero-order chi connectivity index (χ0) is 17.1. The fourth-order valence-corrected chi connectivity index (χ4v) is 2.56. The zero-order valence-electron chi connectivity index (χ0n) is 12.2. The Hall–Kier alpha value is -2.20. The molecule has 0 aromatic carbocycles. The van der Waals surface area contributed by atoms with Crippen molar-refractivity contribution in [2.75, 3.05) is 5.88 Å². The van der Waals surface area contributed by atoms with Gasteiger partial charge in [0.1, 0.15) is 12.3 Å². The number of aromatic amines is 1. The van der Waals surface area contributed by atoms with E-state index in [-0.39, 0.29) is 11.6 Å². The SMILES string of the molecule is CC(=O)O[C@H]1[C@H](OC(C)=O)[C@H](c2c[nH]c([N+](=O)[O-])n2)O[C@@H]1CCl. The summed E-state index contributed by atoms with van der Waals surface area (Å²) in [6, 6.07) is 0. The molecule has 1 aliphatic heterocycles. The monoisotopic (exact) mass is 347 g/mol. The number of nitrogens with one attached hydrogen (secondary N) is 1. The van der Waals surface area contributed by atoms with Crippen LogP contribution >= 0.6 is 11.6 Å². The predicted octanol–water partition coefficient (Wildman–Crippen LogP) is 0.860. The number of hydrogen-bond acceptors (Lipinski definition) is 8. The maximum absolute atomic E-state index is 11.3. The molecule has 2 rings (SSSR count). The van der Waals surface area contributed by atoms with E-state index in [1.165, 1.54) is 20.0 Å². The van der Waals surface area contributed by atoms with Crippen LogP contribution in [-0.2, 0) is 23.8 Å². The third-order valence-corrected chi connectivity index (χ3v) is 3.42. The van der Waals surface area contributed by atoms with Crippen molar-refractivity contribution in [3.8, 4) is 0 Å². The molecule has 0 unspecified atom stereocenters. The molecule has 2 heterocycles. The summed E-state index contributed by atoms with van der Waals surface area (Å²) < 4.78 is 15.9. The van der Waals surface area contributed by atoms with Crippen LogP contribution in [0, 0.1) is 10.1 Å². The van der Waals surface area contributed by atoms with Gasteiger partial charge >= 0.3 is 17.9 Å². The number of nitrogens with zero attached hydrogens (tertiary/aromatic N) is 2. The zero-order valence-corrected chi connectivity index (χ0v) is 13.0. The Kier molecular flexibility index (Phi) is 5.16. The molecule has 126 valence electrons. The highest BCUT2D eigenvalue weighted by Gasteiger charge is 2.51. The Labute approximate surface area is 135 Å². The molecule has 0 saturated carbocycles. The summed E-state index contributed by atoms with van der Waals surface area (Å²) in [6.45, 7) is 2.38. The largest absolute Gasteiger partial charge is 0.456 e. The van der Waals surface area contributed by atoms with Gasteiger partial charge < -0.3 is 24.3 Å². The van der Waals surface area contributed by atoms with Gasteiger partial charge in [-0.2, -0.15) is 0 Å². The van der Waals surface area contributed by atoms with Gasteiger partial charge in [0.15, 0.2) is 24.0 Å². The van der Waals surface area contributed by atoms with E-state index in [9.17, 15) is 19.7 Å². The first-order chi connectivity index (χ1) is 10.8. The molecule has 1 N–H and O–H groups in total. The Morgan fingerprint density at radius 1 is 1.39 bits per heavy atom. The van der Waals surface area contributed by atoms with E-state index in [4.69, 9.17) is 25.8 Å². The minimum absolute atomic E-state index is 0.0290. The lowest BCUT2D eigenvalue weighted by molar-refractivity contribution is -0.393. The normalized spacial score (nSPS) is 26.7. The topological polar surface area (TPSA) is 134 Å². The van der Waals surface area contributed by atoms with Gasteiger partial charge in [0, 0.05) is 13.8 Å². The molecule has 4 atom stereocenters. The van der Waals surface area contributed by atoms with Gasteiger partial charge in [0.05, 0.1) is 5.88 Å². The fourth-order valence-electron chi connectivity index (χ4n) is 2.31. The van der Waals surface area contributed by atoms with E-state index in [1.807, 2.05) is 0 Å². The molecular formula is C12H14ClN3O7. The van der Waals surface area contributed by atoms with Gasteiger partial charge in [0.2, 0.25) is 0 Å². The summed E-state index contributed by atoms with van der Waals surface area (Å²) in [5.74, 6) is -1.73. The maximum atomic E-state index is 11.3. The lowest BCUT2D eigenvalue weighted by Gasteiger charge is -2.21. The number of nitro groups is 1. The van der Waals surface area contributed by atoms with Crippen molar-refractivity contribution in [2.45, 2.75) is 38.3 Å². The first-order valence-corrected chi connectivity index (χ1v) is 7.12. The number of esters is 2. The van der Waals surface area contributed by atoms with Crippen LogP contribution in [0.5, 0.6) is 0 Å². The third kappa shape index (κ3) is 3.77. The Balaban J connectivity index is 2.33. The maximum Gasteiger partial charge on any atom is 0.432 e. The summed E-state index contributed by atoms with van der Waals surface area (Å²) in [5, 5.41) is 10.7. The van der Waals surface area contributed by atoms with Crippen LogP contribution in [0.2, 0.25) is 0 Å². The van der Waals surface area contributed by atoms with E-state index in [1.54, 1.807) is 0 Å². The number of ether oxygens (including phenoxy) is 3. The summed E-state index contributed by atoms with van der Waals surface area (Å²) in [6.07, 6.45) is -2.37. The van der Waals surface area contributed by atoms with Crippen LogP contribution in [0.15, 0.2) is 6.20 Å². The minimum Gasteiger partial charge on any atom is -0.456 e. The Morgan fingerprint density at radius 2 is 2.00 bits per heavy atom. The number of H-pyrrole nitrogens is 1. The van der Waals surface area contributed by atoms with E-state index in [0.717, 1.165) is 0 Å². The average Bonchev–Trinajstić information content (AvgIpc) is 3.04. The molecule has 0 aliphatic carbocycles. The number of halogens is 1. The molecule has 0 bridgehead atoms. The number of aromatic nitrogens is 2. The van der Waals surface area contributed by atoms with Crippen LogP contribution in [0.25, 0.3) is 0 Å². The standard InChI is InChI=1S/C12H14ClN3O7/c1-5(17)21-10-8(3-13)23-9(11(10)22-6(2)18)7-4-14-12(15-7)16(19)20/h4,8-11H,3H2,1-2H3,(H,14,15)/t8-,9+,10-,11-/m1/s1. The molecular weight excluding hydrogens is 334 g/mol. The molecule has 1 fully saturated rings. The molecule has 1 aromatic heterocycles. The van der Waals surface area contributed by atoms with Crippen LogP contribution in [0.4, 0.5) is 5.95 Å². The van der Waals surface area contributed by atoms with Crippen LogP contribution in [0.3, 0.4) is 0 Å². The summed E-state index contributed by atoms with van der Waals surface area (Å²) in [7, 11) is 0. The molecule has 23 heavy (non-hydrogen) atoms. The van der Waals surface area contributed by atoms with Crippen molar-refractivity contribution < 1.29 is 28.7 Å². The number of alkyl halides is 1. The third-order valence-electron chi connectivity index (χ3n) is 3.11. The summed E-state index contributed by atoms with van der Waals surface area (Å²) in [4.78, 5) is 38.7. The number of carbonyl (C=O) groups excluding carboxylic acids is 2. The quantitative estimate of drug-likeness (QED) is 0.358. The van der Waals surface area contributed by atoms with Gasteiger partial charge in [-0.25, -0.2) is 4.98 Å². The van der Waals surface area contributed by atoms with Crippen molar-refractivity contribution in [2.24, 2.45) is 0 Å². The Bertz CT molecular complexity index is 620. The number of hydrogen-bond donors (Lipinski definition) is 1. The Morgan fingerprint density at radius 3 is 2.48 bits per heavy atom. The molecule has 1 aromatic rings. The van der Waals surface area contributed by atoms with Crippen LogP contribution in [-0.4, -0.2) is 51.0 Å². The average molecular weight is 348 g/mol. The second-order valence-electron chi connectivity index (χ2n) is 4.80. The first-order valence-electron chi connectivity index (χ1n) is 6.59.